The number of hydrogen-bond acceptors (Lipinski definition) is 3. The lowest BCUT2D eigenvalue weighted by molar-refractivity contribution is -0.134. The fraction of sp³-hybridized carbons (Fsp3) is 0.280. The Morgan fingerprint density at radius 3 is 2.40 bits per heavy atom. The Hall–Kier alpha value is -3.34. The van der Waals surface area contributed by atoms with Gasteiger partial charge in [-0.15, -0.1) is 0 Å². The van der Waals surface area contributed by atoms with Crippen molar-refractivity contribution in [1.29, 1.82) is 0 Å². The van der Waals surface area contributed by atoms with Crippen LogP contribution in [0.3, 0.4) is 0 Å². The van der Waals surface area contributed by atoms with Crippen molar-refractivity contribution in [1.82, 2.24) is 10.2 Å². The smallest absolute Gasteiger partial charge is 0.260 e. The molecule has 0 atom stereocenters. The lowest BCUT2D eigenvalue weighted by Gasteiger charge is -2.32. The fourth-order valence-corrected chi connectivity index (χ4v) is 3.90. The summed E-state index contributed by atoms with van der Waals surface area (Å²) in [4.78, 5) is 26.9. The van der Waals surface area contributed by atoms with Gasteiger partial charge < -0.3 is 15.0 Å². The summed E-state index contributed by atoms with van der Waals surface area (Å²) < 4.78 is 5.56. The minimum Gasteiger partial charge on any atom is -0.484 e. The van der Waals surface area contributed by atoms with E-state index >= 15 is 0 Å². The number of carbonyl (C=O) groups excluding carboxylic acids is 2. The molecule has 5 nitrogen and oxygen atoms in total. The molecule has 0 aromatic heterocycles. The van der Waals surface area contributed by atoms with Crippen molar-refractivity contribution in [2.24, 2.45) is 5.92 Å². The molecule has 1 aliphatic heterocycles. The zero-order valence-corrected chi connectivity index (χ0v) is 16.9. The van der Waals surface area contributed by atoms with Crippen LogP contribution in [0.25, 0.3) is 10.8 Å². The van der Waals surface area contributed by atoms with Crippen molar-refractivity contribution in [2.75, 3.05) is 26.2 Å². The molecular weight excluding hydrogens is 376 g/mol. The van der Waals surface area contributed by atoms with Crippen LogP contribution in [0.2, 0.25) is 0 Å². The number of fused-ring (bicyclic) bond motifs is 1. The van der Waals surface area contributed by atoms with Gasteiger partial charge in [-0.1, -0.05) is 54.6 Å². The number of piperidine rings is 1. The first kappa shape index (κ1) is 20.0. The molecule has 2 amide bonds. The number of rotatable bonds is 6. The monoisotopic (exact) mass is 402 g/mol. The van der Waals surface area contributed by atoms with E-state index in [2.05, 4.69) is 5.32 Å². The number of benzene rings is 3. The van der Waals surface area contributed by atoms with Crippen molar-refractivity contribution < 1.29 is 14.3 Å². The van der Waals surface area contributed by atoms with Crippen LogP contribution >= 0.6 is 0 Å². The van der Waals surface area contributed by atoms with Crippen molar-refractivity contribution in [3.8, 4) is 5.75 Å². The van der Waals surface area contributed by atoms with E-state index in [0.717, 1.165) is 23.6 Å². The quantitative estimate of drug-likeness (QED) is 0.681. The van der Waals surface area contributed by atoms with E-state index in [1.165, 1.54) is 0 Å². The largest absolute Gasteiger partial charge is 0.484 e. The molecule has 4 rings (SSSR count). The number of carbonyl (C=O) groups is 2. The molecule has 1 fully saturated rings. The number of amides is 2. The first-order valence-corrected chi connectivity index (χ1v) is 10.4. The zero-order valence-electron chi connectivity index (χ0n) is 16.9. The van der Waals surface area contributed by atoms with Gasteiger partial charge in [-0.2, -0.15) is 0 Å². The molecular formula is C25H26N2O3. The van der Waals surface area contributed by atoms with Gasteiger partial charge in [0.1, 0.15) is 5.75 Å². The van der Waals surface area contributed by atoms with Gasteiger partial charge in [-0.3, -0.25) is 9.59 Å². The number of nitrogens with one attached hydrogen (secondary N) is 1. The topological polar surface area (TPSA) is 58.6 Å². The maximum absolute atomic E-state index is 12.7. The minimum atomic E-state index is -0.0402. The number of likely N-dealkylation sites (tertiary alicyclic amines) is 1. The van der Waals surface area contributed by atoms with Crippen LogP contribution in [0.15, 0.2) is 72.8 Å². The van der Waals surface area contributed by atoms with E-state index in [9.17, 15) is 9.59 Å². The highest BCUT2D eigenvalue weighted by Crippen LogP contribution is 2.20. The highest BCUT2D eigenvalue weighted by atomic mass is 16.5. The second-order valence-corrected chi connectivity index (χ2v) is 7.66. The van der Waals surface area contributed by atoms with Crippen molar-refractivity contribution in [3.63, 3.8) is 0 Å². The minimum absolute atomic E-state index is 0.0112. The molecule has 3 aromatic rings. The molecule has 0 saturated carbocycles. The third kappa shape index (κ3) is 4.79. The molecule has 1 heterocycles. The summed E-state index contributed by atoms with van der Waals surface area (Å²) in [6.07, 6.45) is 1.76. The van der Waals surface area contributed by atoms with E-state index < -0.39 is 0 Å². The van der Waals surface area contributed by atoms with Crippen LogP contribution in [0.4, 0.5) is 0 Å². The van der Waals surface area contributed by atoms with Gasteiger partial charge >= 0.3 is 0 Å². The summed E-state index contributed by atoms with van der Waals surface area (Å²) in [5, 5.41) is 5.12. The number of ether oxygens (including phenoxy) is 1. The predicted molar refractivity (Wildman–Crippen MR) is 118 cm³/mol. The van der Waals surface area contributed by atoms with E-state index in [0.29, 0.717) is 36.9 Å². The number of nitrogens with zero attached hydrogens (tertiary/aromatic N) is 1. The number of hydrogen-bond donors (Lipinski definition) is 1. The van der Waals surface area contributed by atoms with Gasteiger partial charge in [0.15, 0.2) is 6.61 Å². The molecule has 1 aliphatic rings. The first-order chi connectivity index (χ1) is 14.7. The Kier molecular flexibility index (Phi) is 6.28. The Morgan fingerprint density at radius 2 is 1.60 bits per heavy atom. The summed E-state index contributed by atoms with van der Waals surface area (Å²) in [5.41, 5.74) is 0.707. The third-order valence-corrected chi connectivity index (χ3v) is 5.66. The summed E-state index contributed by atoms with van der Waals surface area (Å²) in [7, 11) is 0. The Labute approximate surface area is 176 Å². The summed E-state index contributed by atoms with van der Waals surface area (Å²) in [6.45, 7) is 2.09. The Morgan fingerprint density at radius 1 is 0.900 bits per heavy atom. The summed E-state index contributed by atoms with van der Waals surface area (Å²) in [5.74, 6) is 1.05. The third-order valence-electron chi connectivity index (χ3n) is 5.66. The second-order valence-electron chi connectivity index (χ2n) is 7.66. The molecule has 0 spiro atoms. The van der Waals surface area contributed by atoms with E-state index in [1.54, 1.807) is 0 Å². The predicted octanol–water partition coefficient (Wildman–Crippen LogP) is 3.89. The average Bonchev–Trinajstić information content (AvgIpc) is 2.81. The van der Waals surface area contributed by atoms with Crippen molar-refractivity contribution in [3.05, 3.63) is 78.4 Å². The Bertz CT molecular complexity index is 1010. The van der Waals surface area contributed by atoms with Crippen LogP contribution in [0.5, 0.6) is 5.75 Å². The molecule has 3 aromatic carbocycles. The molecule has 0 aliphatic carbocycles. The molecule has 0 radical (unpaired) electrons. The standard InChI is InChI=1S/C25H26N2O3/c28-24(18-30-21-9-2-1-3-10-21)27-15-13-19(14-16-27)17-26-25(29)23-12-6-8-20-7-4-5-11-22(20)23/h1-12,19H,13-18H2,(H,26,29). The maximum atomic E-state index is 12.7. The van der Waals surface area contributed by atoms with E-state index in [-0.39, 0.29) is 18.4 Å². The van der Waals surface area contributed by atoms with Gasteiger partial charge in [0.05, 0.1) is 0 Å². The van der Waals surface area contributed by atoms with Gasteiger partial charge in [0.2, 0.25) is 0 Å². The lowest BCUT2D eigenvalue weighted by atomic mass is 9.96. The van der Waals surface area contributed by atoms with Crippen LogP contribution in [0.1, 0.15) is 23.2 Å². The molecule has 5 heteroatoms. The molecule has 154 valence electrons. The molecule has 30 heavy (non-hydrogen) atoms. The second kappa shape index (κ2) is 9.44. The SMILES string of the molecule is O=C(NCC1CCN(C(=O)COc2ccccc2)CC1)c1cccc2ccccc12. The van der Waals surface area contributed by atoms with Crippen LogP contribution < -0.4 is 10.1 Å². The molecule has 0 unspecified atom stereocenters. The maximum Gasteiger partial charge on any atom is 0.260 e. The first-order valence-electron chi connectivity index (χ1n) is 10.4. The van der Waals surface area contributed by atoms with Crippen LogP contribution in [-0.4, -0.2) is 43.0 Å². The Balaban J connectivity index is 1.24. The number of para-hydroxylation sites is 1. The highest BCUT2D eigenvalue weighted by Gasteiger charge is 2.23. The van der Waals surface area contributed by atoms with Crippen LogP contribution in [-0.2, 0) is 4.79 Å². The van der Waals surface area contributed by atoms with Gasteiger partial charge in [-0.25, -0.2) is 0 Å². The van der Waals surface area contributed by atoms with Crippen molar-refractivity contribution >= 4 is 22.6 Å². The fourth-order valence-electron chi connectivity index (χ4n) is 3.90. The van der Waals surface area contributed by atoms with Gasteiger partial charge in [0, 0.05) is 25.2 Å². The summed E-state index contributed by atoms with van der Waals surface area (Å²) in [6, 6.07) is 23.1. The summed E-state index contributed by atoms with van der Waals surface area (Å²) >= 11 is 0. The highest BCUT2D eigenvalue weighted by molar-refractivity contribution is 6.07. The molecule has 0 bridgehead atoms. The normalized spacial score (nSPS) is 14.5. The van der Waals surface area contributed by atoms with E-state index in [1.807, 2.05) is 77.7 Å². The average molecular weight is 402 g/mol. The lowest BCUT2D eigenvalue weighted by Crippen LogP contribution is -2.43. The zero-order chi connectivity index (χ0) is 20.8. The van der Waals surface area contributed by atoms with Crippen LogP contribution in [0, 0.1) is 5.92 Å². The van der Waals surface area contributed by atoms with E-state index in [4.69, 9.17) is 4.74 Å². The molecule has 1 saturated heterocycles. The molecule has 1 N–H and O–H groups in total. The van der Waals surface area contributed by atoms with Gasteiger partial charge in [-0.05, 0) is 47.7 Å². The van der Waals surface area contributed by atoms with Gasteiger partial charge in [0.25, 0.3) is 11.8 Å². The van der Waals surface area contributed by atoms with Crippen molar-refractivity contribution in [2.45, 2.75) is 12.8 Å².